The average molecular weight is 328 g/mol. The summed E-state index contributed by atoms with van der Waals surface area (Å²) in [5, 5.41) is 3.41. The Bertz CT molecular complexity index is 726. The van der Waals surface area contributed by atoms with Crippen molar-refractivity contribution in [3.05, 3.63) is 30.6 Å². The second kappa shape index (κ2) is 6.63. The van der Waals surface area contributed by atoms with E-state index in [1.807, 2.05) is 43.9 Å². The number of nitrogens with one attached hydrogen (secondary N) is 1. The Hall–Kier alpha value is -2.37. The number of benzene rings is 1. The minimum Gasteiger partial charge on any atom is -0.444 e. The van der Waals surface area contributed by atoms with Crippen LogP contribution in [-0.2, 0) is 4.74 Å². The molecule has 3 rings (SSSR count). The lowest BCUT2D eigenvalue weighted by Gasteiger charge is -2.29. The normalized spacial score (nSPS) is 18.0. The number of carbonyl (C=O) groups excluding carboxylic acids is 1. The van der Waals surface area contributed by atoms with Crippen LogP contribution < -0.4 is 5.32 Å². The van der Waals surface area contributed by atoms with Gasteiger partial charge >= 0.3 is 6.09 Å². The molecule has 0 saturated carbocycles. The van der Waals surface area contributed by atoms with Crippen LogP contribution in [0.1, 0.15) is 33.6 Å². The second-order valence-corrected chi connectivity index (χ2v) is 7.11. The van der Waals surface area contributed by atoms with Crippen LogP contribution in [0.25, 0.3) is 11.0 Å². The van der Waals surface area contributed by atoms with Gasteiger partial charge in [0.15, 0.2) is 0 Å². The first-order valence-corrected chi connectivity index (χ1v) is 8.37. The molecule has 1 aromatic carbocycles. The Kier molecular flexibility index (Phi) is 4.55. The number of fused-ring (bicyclic) bond motifs is 1. The number of likely N-dealkylation sites (tertiary alicyclic amines) is 1. The van der Waals surface area contributed by atoms with Crippen LogP contribution in [0.4, 0.5) is 10.5 Å². The summed E-state index contributed by atoms with van der Waals surface area (Å²) >= 11 is 0. The van der Waals surface area contributed by atoms with Crippen molar-refractivity contribution < 1.29 is 9.53 Å². The highest BCUT2D eigenvalue weighted by atomic mass is 16.6. The van der Waals surface area contributed by atoms with Crippen molar-refractivity contribution in [2.75, 3.05) is 18.4 Å². The molecule has 1 aliphatic heterocycles. The number of carbonyl (C=O) groups is 1. The third kappa shape index (κ3) is 3.93. The van der Waals surface area contributed by atoms with E-state index in [1.54, 1.807) is 12.4 Å². The van der Waals surface area contributed by atoms with E-state index < -0.39 is 5.60 Å². The van der Waals surface area contributed by atoms with Crippen LogP contribution in [0.3, 0.4) is 0 Å². The smallest absolute Gasteiger partial charge is 0.410 e. The molecule has 128 valence electrons. The van der Waals surface area contributed by atoms with E-state index >= 15 is 0 Å². The van der Waals surface area contributed by atoms with E-state index in [0.29, 0.717) is 6.54 Å². The number of nitrogens with zero attached hydrogens (tertiary/aromatic N) is 3. The highest BCUT2D eigenvalue weighted by Gasteiger charge is 2.31. The van der Waals surface area contributed by atoms with Crippen molar-refractivity contribution in [1.29, 1.82) is 0 Å². The number of amides is 1. The summed E-state index contributed by atoms with van der Waals surface area (Å²) in [4.78, 5) is 22.7. The summed E-state index contributed by atoms with van der Waals surface area (Å²) in [5.41, 5.74) is 2.26. The molecule has 6 heteroatoms. The molecule has 0 spiro atoms. The summed E-state index contributed by atoms with van der Waals surface area (Å²) in [5.74, 6) is 0. The molecule has 6 nitrogen and oxygen atoms in total. The van der Waals surface area contributed by atoms with Gasteiger partial charge in [0.2, 0.25) is 0 Å². The minimum absolute atomic E-state index is 0.150. The molecule has 1 aliphatic rings. The summed E-state index contributed by atoms with van der Waals surface area (Å²) in [7, 11) is 0. The standard InChI is InChI=1S/C18H24N4O2/c1-18(2,3)24-17(23)22-10-4-5-14(22)12-21-13-6-7-15-16(11-13)20-9-8-19-15/h6-9,11,14,21H,4-5,10,12H2,1-3H3. The predicted molar refractivity (Wildman–Crippen MR) is 94.0 cm³/mol. The quantitative estimate of drug-likeness (QED) is 0.935. The van der Waals surface area contributed by atoms with Crippen molar-refractivity contribution in [2.24, 2.45) is 0 Å². The van der Waals surface area contributed by atoms with Crippen LogP contribution in [-0.4, -0.2) is 45.7 Å². The van der Waals surface area contributed by atoms with Crippen molar-refractivity contribution >= 4 is 22.8 Å². The fraction of sp³-hybridized carbons (Fsp3) is 0.500. The Morgan fingerprint density at radius 1 is 1.29 bits per heavy atom. The van der Waals surface area contributed by atoms with Gasteiger partial charge in [-0.1, -0.05) is 0 Å². The van der Waals surface area contributed by atoms with E-state index in [9.17, 15) is 4.79 Å². The number of ether oxygens (including phenoxy) is 1. The van der Waals surface area contributed by atoms with E-state index in [0.717, 1.165) is 36.1 Å². The molecule has 1 amide bonds. The second-order valence-electron chi connectivity index (χ2n) is 7.11. The van der Waals surface area contributed by atoms with Crippen molar-refractivity contribution in [3.8, 4) is 0 Å². The molecule has 2 aromatic rings. The largest absolute Gasteiger partial charge is 0.444 e. The molecule has 2 heterocycles. The van der Waals surface area contributed by atoms with Crippen LogP contribution in [0.5, 0.6) is 0 Å². The van der Waals surface area contributed by atoms with Gasteiger partial charge in [-0.05, 0) is 51.8 Å². The zero-order valence-corrected chi connectivity index (χ0v) is 14.5. The number of anilines is 1. The van der Waals surface area contributed by atoms with Gasteiger partial charge < -0.3 is 15.0 Å². The van der Waals surface area contributed by atoms with Crippen molar-refractivity contribution in [1.82, 2.24) is 14.9 Å². The van der Waals surface area contributed by atoms with E-state index in [1.165, 1.54) is 0 Å². The predicted octanol–water partition coefficient (Wildman–Crippen LogP) is 3.44. The van der Waals surface area contributed by atoms with Gasteiger partial charge in [0, 0.05) is 31.2 Å². The molecular formula is C18H24N4O2. The fourth-order valence-electron chi connectivity index (χ4n) is 2.92. The van der Waals surface area contributed by atoms with Gasteiger partial charge in [-0.2, -0.15) is 0 Å². The molecule has 0 aliphatic carbocycles. The highest BCUT2D eigenvalue weighted by Crippen LogP contribution is 2.22. The number of hydrogen-bond acceptors (Lipinski definition) is 5. The summed E-state index contributed by atoms with van der Waals surface area (Å²) in [6.45, 7) is 7.13. The molecule has 1 unspecified atom stereocenters. The molecule has 1 fully saturated rings. The van der Waals surface area contributed by atoms with Gasteiger partial charge in [0.1, 0.15) is 5.60 Å². The van der Waals surface area contributed by atoms with Gasteiger partial charge in [0.25, 0.3) is 0 Å². The van der Waals surface area contributed by atoms with Crippen LogP contribution in [0.15, 0.2) is 30.6 Å². The molecule has 0 radical (unpaired) electrons. The highest BCUT2D eigenvalue weighted by molar-refractivity contribution is 5.78. The van der Waals surface area contributed by atoms with Gasteiger partial charge in [0.05, 0.1) is 17.1 Å². The minimum atomic E-state index is -0.464. The topological polar surface area (TPSA) is 67.3 Å². The van der Waals surface area contributed by atoms with Gasteiger partial charge in [-0.15, -0.1) is 0 Å². The molecule has 0 bridgehead atoms. The molecule has 1 saturated heterocycles. The summed E-state index contributed by atoms with van der Waals surface area (Å²) in [6.07, 6.45) is 5.14. The fourth-order valence-corrected chi connectivity index (χ4v) is 2.92. The molecule has 1 N–H and O–H groups in total. The third-order valence-corrected chi connectivity index (χ3v) is 4.02. The molecular weight excluding hydrogens is 304 g/mol. The maximum Gasteiger partial charge on any atom is 0.410 e. The Balaban J connectivity index is 1.63. The first-order chi connectivity index (χ1) is 11.4. The molecule has 24 heavy (non-hydrogen) atoms. The van der Waals surface area contributed by atoms with Crippen molar-refractivity contribution in [3.63, 3.8) is 0 Å². The maximum atomic E-state index is 12.3. The summed E-state index contributed by atoms with van der Waals surface area (Å²) < 4.78 is 5.50. The zero-order chi connectivity index (χ0) is 17.2. The number of hydrogen-bond donors (Lipinski definition) is 1. The van der Waals surface area contributed by atoms with Crippen LogP contribution in [0.2, 0.25) is 0 Å². The van der Waals surface area contributed by atoms with E-state index in [4.69, 9.17) is 4.74 Å². The SMILES string of the molecule is CC(C)(C)OC(=O)N1CCCC1CNc1ccc2nccnc2c1. The Morgan fingerprint density at radius 2 is 2.04 bits per heavy atom. The summed E-state index contributed by atoms with van der Waals surface area (Å²) in [6, 6.07) is 6.07. The lowest BCUT2D eigenvalue weighted by Crippen LogP contribution is -2.42. The number of rotatable bonds is 3. The average Bonchev–Trinajstić information content (AvgIpc) is 3.00. The molecule has 1 atom stereocenters. The Morgan fingerprint density at radius 3 is 2.79 bits per heavy atom. The zero-order valence-electron chi connectivity index (χ0n) is 14.5. The van der Waals surface area contributed by atoms with Crippen molar-refractivity contribution in [2.45, 2.75) is 45.3 Å². The molecule has 1 aromatic heterocycles. The van der Waals surface area contributed by atoms with E-state index in [2.05, 4.69) is 15.3 Å². The van der Waals surface area contributed by atoms with E-state index in [-0.39, 0.29) is 12.1 Å². The first-order valence-electron chi connectivity index (χ1n) is 8.37. The Labute approximate surface area is 142 Å². The van der Waals surface area contributed by atoms with Gasteiger partial charge in [-0.3, -0.25) is 9.97 Å². The van der Waals surface area contributed by atoms with Crippen LogP contribution in [0, 0.1) is 0 Å². The van der Waals surface area contributed by atoms with Gasteiger partial charge in [-0.25, -0.2) is 4.79 Å². The lowest BCUT2D eigenvalue weighted by atomic mass is 10.2. The van der Waals surface area contributed by atoms with Crippen LogP contribution >= 0.6 is 0 Å². The number of aromatic nitrogens is 2. The monoisotopic (exact) mass is 328 g/mol. The third-order valence-electron chi connectivity index (χ3n) is 4.02. The maximum absolute atomic E-state index is 12.3. The lowest BCUT2D eigenvalue weighted by molar-refractivity contribution is 0.0235. The first kappa shape index (κ1) is 16.5.